The van der Waals surface area contributed by atoms with Gasteiger partial charge in [-0.25, -0.2) is 4.39 Å². The molecule has 4 nitrogen and oxygen atoms in total. The van der Waals surface area contributed by atoms with Gasteiger partial charge in [-0.1, -0.05) is 15.9 Å². The van der Waals surface area contributed by atoms with Crippen LogP contribution in [0.2, 0.25) is 0 Å². The van der Waals surface area contributed by atoms with Crippen LogP contribution in [0.25, 0.3) is 0 Å². The maximum absolute atomic E-state index is 14.0. The fourth-order valence-corrected chi connectivity index (χ4v) is 2.83. The van der Waals surface area contributed by atoms with Gasteiger partial charge in [0.2, 0.25) is 11.8 Å². The highest BCUT2D eigenvalue weighted by Crippen LogP contribution is 2.35. The van der Waals surface area contributed by atoms with E-state index in [1.165, 1.54) is 11.0 Å². The van der Waals surface area contributed by atoms with Crippen molar-refractivity contribution in [2.45, 2.75) is 25.3 Å². The molecule has 0 aromatic heterocycles. The Morgan fingerprint density at radius 3 is 2.75 bits per heavy atom. The lowest BCUT2D eigenvalue weighted by atomic mass is 10.1. The van der Waals surface area contributed by atoms with Crippen molar-refractivity contribution in [3.05, 3.63) is 28.5 Å². The van der Waals surface area contributed by atoms with Crippen LogP contribution in [0.5, 0.6) is 0 Å². The fourth-order valence-electron chi connectivity index (χ4n) is 2.48. The van der Waals surface area contributed by atoms with Gasteiger partial charge in [0, 0.05) is 17.4 Å². The van der Waals surface area contributed by atoms with E-state index >= 15 is 0 Å². The minimum atomic E-state index is -0.511. The molecule has 1 saturated heterocycles. The quantitative estimate of drug-likeness (QED) is 0.897. The molecule has 1 aliphatic carbocycles. The van der Waals surface area contributed by atoms with E-state index in [4.69, 9.17) is 0 Å². The van der Waals surface area contributed by atoms with E-state index in [-0.39, 0.29) is 36.4 Å². The van der Waals surface area contributed by atoms with Crippen LogP contribution in [-0.2, 0) is 9.59 Å². The lowest BCUT2D eigenvalue weighted by Crippen LogP contribution is -2.46. The molecule has 0 radical (unpaired) electrons. The highest BCUT2D eigenvalue weighted by atomic mass is 79.9. The first-order valence-electron chi connectivity index (χ1n) is 6.62. The normalized spacial score (nSPS) is 23.5. The van der Waals surface area contributed by atoms with E-state index in [2.05, 4.69) is 21.2 Å². The first-order chi connectivity index (χ1) is 9.56. The molecular weight excluding hydrogens is 327 g/mol. The Morgan fingerprint density at radius 1 is 1.30 bits per heavy atom. The van der Waals surface area contributed by atoms with Crippen LogP contribution in [0.1, 0.15) is 19.3 Å². The van der Waals surface area contributed by atoms with Gasteiger partial charge in [0.25, 0.3) is 0 Å². The molecule has 2 fully saturated rings. The number of hydrogen-bond acceptors (Lipinski definition) is 2. The second-order valence-corrected chi connectivity index (χ2v) is 6.13. The van der Waals surface area contributed by atoms with Gasteiger partial charge in [-0.2, -0.15) is 0 Å². The molecule has 0 spiro atoms. The summed E-state index contributed by atoms with van der Waals surface area (Å²) in [5, 5.41) is 2.76. The molecule has 1 N–H and O–H groups in total. The van der Waals surface area contributed by atoms with Crippen molar-refractivity contribution in [2.24, 2.45) is 5.92 Å². The Hall–Kier alpha value is -1.43. The van der Waals surface area contributed by atoms with Gasteiger partial charge in [0.05, 0.1) is 5.69 Å². The molecule has 106 valence electrons. The predicted molar refractivity (Wildman–Crippen MR) is 75.7 cm³/mol. The van der Waals surface area contributed by atoms with Crippen molar-refractivity contribution in [3.63, 3.8) is 0 Å². The van der Waals surface area contributed by atoms with Gasteiger partial charge in [-0.05, 0) is 37.0 Å². The number of halogens is 2. The monoisotopic (exact) mass is 340 g/mol. The number of benzene rings is 1. The number of hydrogen-bond donors (Lipinski definition) is 1. The van der Waals surface area contributed by atoms with Crippen LogP contribution in [-0.4, -0.2) is 24.4 Å². The van der Waals surface area contributed by atoms with Gasteiger partial charge >= 0.3 is 0 Å². The lowest BCUT2D eigenvalue weighted by molar-refractivity contribution is -0.126. The van der Waals surface area contributed by atoms with Crippen LogP contribution >= 0.6 is 15.9 Å². The average Bonchev–Trinajstić information content (AvgIpc) is 3.23. The molecule has 1 aromatic rings. The molecule has 1 atom stereocenters. The van der Waals surface area contributed by atoms with Crippen molar-refractivity contribution < 1.29 is 14.0 Å². The molecule has 6 heteroatoms. The van der Waals surface area contributed by atoms with Crippen molar-refractivity contribution in [3.8, 4) is 0 Å². The van der Waals surface area contributed by atoms with Gasteiger partial charge < -0.3 is 10.2 Å². The van der Waals surface area contributed by atoms with Gasteiger partial charge in [0.1, 0.15) is 11.9 Å². The van der Waals surface area contributed by atoms with Crippen LogP contribution in [0.15, 0.2) is 22.7 Å². The Balaban J connectivity index is 1.96. The summed E-state index contributed by atoms with van der Waals surface area (Å²) in [5.74, 6) is -0.615. The fraction of sp³-hybridized carbons (Fsp3) is 0.429. The van der Waals surface area contributed by atoms with Crippen molar-refractivity contribution in [1.29, 1.82) is 0 Å². The highest BCUT2D eigenvalue weighted by molar-refractivity contribution is 9.10. The number of carbonyl (C=O) groups is 2. The van der Waals surface area contributed by atoms with Crippen molar-refractivity contribution in [1.82, 2.24) is 5.32 Å². The zero-order valence-corrected chi connectivity index (χ0v) is 12.3. The first-order valence-corrected chi connectivity index (χ1v) is 7.41. The van der Waals surface area contributed by atoms with Gasteiger partial charge in [-0.15, -0.1) is 0 Å². The van der Waals surface area contributed by atoms with E-state index < -0.39 is 11.9 Å². The Morgan fingerprint density at radius 2 is 2.05 bits per heavy atom. The molecule has 2 amide bonds. The average molecular weight is 341 g/mol. The smallest absolute Gasteiger partial charge is 0.249 e. The molecule has 0 bridgehead atoms. The standard InChI is InChI=1S/C14H14BrFN2O2/c15-9-3-4-10(16)11(7-9)18-6-5-12(19)17-13(14(18)20)8-1-2-8/h3-4,7-8,13H,1-2,5-6H2,(H,17,19). The van der Waals surface area contributed by atoms with Crippen molar-refractivity contribution in [2.75, 3.05) is 11.4 Å². The van der Waals surface area contributed by atoms with Crippen LogP contribution in [0.4, 0.5) is 10.1 Å². The third kappa shape index (κ3) is 2.57. The molecular formula is C14H14BrFN2O2. The molecule has 1 unspecified atom stereocenters. The number of nitrogens with one attached hydrogen (secondary N) is 1. The largest absolute Gasteiger partial charge is 0.344 e. The summed E-state index contributed by atoms with van der Waals surface area (Å²) in [6.45, 7) is 0.210. The molecule has 1 aromatic carbocycles. The third-order valence-electron chi connectivity index (χ3n) is 3.70. The lowest BCUT2D eigenvalue weighted by Gasteiger charge is -2.24. The van der Waals surface area contributed by atoms with Crippen LogP contribution < -0.4 is 10.2 Å². The van der Waals surface area contributed by atoms with E-state index in [1.54, 1.807) is 12.1 Å². The number of anilines is 1. The summed E-state index contributed by atoms with van der Waals surface area (Å²) in [6, 6.07) is 3.97. The summed E-state index contributed by atoms with van der Waals surface area (Å²) < 4.78 is 14.7. The minimum absolute atomic E-state index is 0.145. The molecule has 1 saturated carbocycles. The maximum atomic E-state index is 14.0. The topological polar surface area (TPSA) is 49.4 Å². The van der Waals surface area contributed by atoms with E-state index in [9.17, 15) is 14.0 Å². The number of nitrogens with zero attached hydrogens (tertiary/aromatic N) is 1. The first kappa shape index (κ1) is 13.5. The highest BCUT2D eigenvalue weighted by Gasteiger charge is 2.41. The Bertz CT molecular complexity index is 574. The molecule has 1 aliphatic heterocycles. The molecule has 1 heterocycles. The summed E-state index contributed by atoms with van der Waals surface area (Å²) in [6.07, 6.45) is 2.07. The van der Waals surface area contributed by atoms with E-state index in [1.807, 2.05) is 0 Å². The molecule has 2 aliphatic rings. The van der Waals surface area contributed by atoms with Gasteiger partial charge in [-0.3, -0.25) is 9.59 Å². The number of carbonyl (C=O) groups excluding carboxylic acids is 2. The van der Waals surface area contributed by atoms with Crippen molar-refractivity contribution >= 4 is 33.4 Å². The van der Waals surface area contributed by atoms with Crippen LogP contribution in [0, 0.1) is 11.7 Å². The number of rotatable bonds is 2. The second-order valence-electron chi connectivity index (χ2n) is 5.22. The van der Waals surface area contributed by atoms with Crippen LogP contribution in [0.3, 0.4) is 0 Å². The summed E-state index contributed by atoms with van der Waals surface area (Å²) in [5.41, 5.74) is 0.228. The Labute approximate surface area is 124 Å². The van der Waals surface area contributed by atoms with E-state index in [0.29, 0.717) is 4.47 Å². The number of amides is 2. The third-order valence-corrected chi connectivity index (χ3v) is 4.20. The maximum Gasteiger partial charge on any atom is 0.249 e. The summed E-state index contributed by atoms with van der Waals surface area (Å²) in [7, 11) is 0. The molecule has 20 heavy (non-hydrogen) atoms. The minimum Gasteiger partial charge on any atom is -0.344 e. The zero-order chi connectivity index (χ0) is 14.3. The SMILES string of the molecule is O=C1CCN(c2cc(Br)ccc2F)C(=O)C(C2CC2)N1. The van der Waals surface area contributed by atoms with Gasteiger partial charge in [0.15, 0.2) is 0 Å². The predicted octanol–water partition coefficient (Wildman–Crippen LogP) is 2.22. The zero-order valence-electron chi connectivity index (χ0n) is 10.7. The summed E-state index contributed by atoms with van der Waals surface area (Å²) >= 11 is 3.28. The van der Waals surface area contributed by atoms with E-state index in [0.717, 1.165) is 12.8 Å². The summed E-state index contributed by atoms with van der Waals surface area (Å²) in [4.78, 5) is 25.7. The Kier molecular flexibility index (Phi) is 3.50. The second kappa shape index (κ2) is 5.16. The molecule has 3 rings (SSSR count).